The molecule has 0 radical (unpaired) electrons. The molecule has 3 heterocycles. The average Bonchev–Trinajstić information content (AvgIpc) is 3.29. The third kappa shape index (κ3) is 4.61. The molecule has 1 amide bonds. The van der Waals surface area contributed by atoms with Gasteiger partial charge in [-0.3, -0.25) is 4.79 Å². The zero-order chi connectivity index (χ0) is 21.8. The molecule has 11 heteroatoms. The molecule has 2 aromatic heterocycles. The van der Waals surface area contributed by atoms with Crippen LogP contribution in [0.2, 0.25) is 0 Å². The van der Waals surface area contributed by atoms with Gasteiger partial charge >= 0.3 is 11.8 Å². The van der Waals surface area contributed by atoms with Crippen molar-refractivity contribution >= 4 is 23.5 Å². The topological polar surface area (TPSA) is 136 Å². The Bertz CT molecular complexity index is 1030. The number of piperidine rings is 1. The molecule has 2 N–H and O–H groups in total. The van der Waals surface area contributed by atoms with Crippen molar-refractivity contribution in [2.45, 2.75) is 25.9 Å². The Hall–Kier alpha value is -3.60. The number of nitrogens with two attached hydrogens (primary N) is 1. The minimum atomic E-state index is -0.322. The van der Waals surface area contributed by atoms with E-state index in [1.807, 2.05) is 44.3 Å². The summed E-state index contributed by atoms with van der Waals surface area (Å²) in [5, 5.41) is 3.88. The quantitative estimate of drug-likeness (QED) is 0.625. The number of aromatic nitrogens is 5. The lowest BCUT2D eigenvalue weighted by molar-refractivity contribution is 0.0131. The molecule has 31 heavy (non-hydrogen) atoms. The Kier molecular flexibility index (Phi) is 6.03. The molecule has 4 rings (SSSR count). The van der Waals surface area contributed by atoms with Crippen LogP contribution in [-0.4, -0.2) is 68.7 Å². The molecule has 11 nitrogen and oxygen atoms in total. The van der Waals surface area contributed by atoms with Crippen LogP contribution in [0.1, 0.15) is 30.5 Å². The molecule has 1 aromatic carbocycles. The van der Waals surface area contributed by atoms with Crippen LogP contribution in [0.15, 0.2) is 34.9 Å². The fourth-order valence-corrected chi connectivity index (χ4v) is 3.40. The minimum absolute atomic E-state index is 0.0125. The van der Waals surface area contributed by atoms with Crippen molar-refractivity contribution in [3.63, 3.8) is 0 Å². The van der Waals surface area contributed by atoms with Crippen molar-refractivity contribution in [3.8, 4) is 11.6 Å². The first-order chi connectivity index (χ1) is 15.0. The smallest absolute Gasteiger partial charge is 0.316 e. The number of hydrogen-bond acceptors (Lipinski definition) is 10. The second kappa shape index (κ2) is 9.04. The van der Waals surface area contributed by atoms with Gasteiger partial charge in [0.15, 0.2) is 0 Å². The summed E-state index contributed by atoms with van der Waals surface area (Å²) in [5.74, 6) is 0.106. The van der Waals surface area contributed by atoms with Gasteiger partial charge in [-0.25, -0.2) is 0 Å². The van der Waals surface area contributed by atoms with Gasteiger partial charge in [0.2, 0.25) is 23.5 Å². The third-order valence-corrected chi connectivity index (χ3v) is 5.02. The molecule has 1 aliphatic rings. The largest absolute Gasteiger partial charge is 0.378 e. The van der Waals surface area contributed by atoms with Gasteiger partial charge in [0.05, 0.1) is 6.10 Å². The van der Waals surface area contributed by atoms with E-state index in [2.05, 4.69) is 25.1 Å². The van der Waals surface area contributed by atoms with Crippen LogP contribution >= 0.6 is 0 Å². The Morgan fingerprint density at radius 1 is 1.16 bits per heavy atom. The number of rotatable bonds is 6. The van der Waals surface area contributed by atoms with E-state index in [-0.39, 0.29) is 35.5 Å². The van der Waals surface area contributed by atoms with Crippen LogP contribution in [-0.2, 0) is 4.74 Å². The first-order valence-corrected chi connectivity index (χ1v) is 10.1. The van der Waals surface area contributed by atoms with Gasteiger partial charge in [-0.2, -0.15) is 19.9 Å². The van der Waals surface area contributed by atoms with E-state index in [1.165, 1.54) is 0 Å². The van der Waals surface area contributed by atoms with E-state index < -0.39 is 0 Å². The molecule has 0 saturated carbocycles. The molecule has 3 aromatic rings. The molecule has 1 aliphatic heterocycles. The molecule has 0 atom stereocenters. The van der Waals surface area contributed by atoms with Gasteiger partial charge in [0, 0.05) is 32.4 Å². The third-order valence-electron chi connectivity index (χ3n) is 5.02. The SMILES string of the molecule is CCOC1CCN(C(=O)c2nc(-c3nc(N)nc(N(C)c4ccccc4)n3)no2)CC1. The highest BCUT2D eigenvalue weighted by atomic mass is 16.5. The zero-order valence-corrected chi connectivity index (χ0v) is 17.4. The van der Waals surface area contributed by atoms with Crippen LogP contribution in [0, 0.1) is 0 Å². The standard InChI is InChI=1S/C20H24N8O3/c1-3-30-14-9-11-28(12-10-14)18(29)17-22-16(26-31-17)15-23-19(21)25-20(24-15)27(2)13-7-5-4-6-8-13/h4-8,14H,3,9-12H2,1-2H3,(H2,21,23,24,25). The number of hydrogen-bond donors (Lipinski definition) is 1. The van der Waals surface area contributed by atoms with Gasteiger partial charge in [-0.05, 0) is 31.9 Å². The summed E-state index contributed by atoms with van der Waals surface area (Å²) in [5.41, 5.74) is 6.75. The second-order valence-electron chi connectivity index (χ2n) is 7.08. The van der Waals surface area contributed by atoms with Crippen LogP contribution in [0.5, 0.6) is 0 Å². The van der Waals surface area contributed by atoms with Crippen LogP contribution in [0.4, 0.5) is 17.6 Å². The van der Waals surface area contributed by atoms with Crippen molar-refractivity contribution in [2.75, 3.05) is 37.4 Å². The maximum Gasteiger partial charge on any atom is 0.316 e. The average molecular weight is 424 g/mol. The number of carbonyl (C=O) groups is 1. The molecule has 1 saturated heterocycles. The Morgan fingerprint density at radius 3 is 2.61 bits per heavy atom. The van der Waals surface area contributed by atoms with E-state index in [1.54, 1.807) is 9.80 Å². The summed E-state index contributed by atoms with van der Waals surface area (Å²) >= 11 is 0. The van der Waals surface area contributed by atoms with Crippen LogP contribution < -0.4 is 10.6 Å². The van der Waals surface area contributed by atoms with Gasteiger partial charge in [0.25, 0.3) is 0 Å². The predicted octanol–water partition coefficient (Wildman–Crippen LogP) is 1.91. The molecular weight excluding hydrogens is 400 g/mol. The maximum atomic E-state index is 12.7. The highest BCUT2D eigenvalue weighted by Gasteiger charge is 2.28. The number of likely N-dealkylation sites (tertiary alicyclic amines) is 1. The molecule has 0 spiro atoms. The Morgan fingerprint density at radius 2 is 1.90 bits per heavy atom. The fraction of sp³-hybridized carbons (Fsp3) is 0.400. The van der Waals surface area contributed by atoms with E-state index in [4.69, 9.17) is 15.0 Å². The lowest BCUT2D eigenvalue weighted by atomic mass is 10.1. The summed E-state index contributed by atoms with van der Waals surface area (Å²) < 4.78 is 10.8. The zero-order valence-electron chi connectivity index (χ0n) is 17.4. The number of ether oxygens (including phenoxy) is 1. The molecule has 0 unspecified atom stereocenters. The molecule has 0 aliphatic carbocycles. The maximum absolute atomic E-state index is 12.7. The Labute approximate surface area is 179 Å². The summed E-state index contributed by atoms with van der Waals surface area (Å²) in [6.07, 6.45) is 1.74. The molecule has 0 bridgehead atoms. The fourth-order valence-electron chi connectivity index (χ4n) is 3.40. The van der Waals surface area contributed by atoms with Crippen molar-refractivity contribution in [1.29, 1.82) is 0 Å². The lowest BCUT2D eigenvalue weighted by Crippen LogP contribution is -2.41. The highest BCUT2D eigenvalue weighted by molar-refractivity contribution is 5.90. The van der Waals surface area contributed by atoms with Gasteiger partial charge in [0.1, 0.15) is 0 Å². The summed E-state index contributed by atoms with van der Waals surface area (Å²) in [6, 6.07) is 9.57. The van der Waals surface area contributed by atoms with Crippen molar-refractivity contribution in [1.82, 2.24) is 30.0 Å². The number of anilines is 3. The van der Waals surface area contributed by atoms with Gasteiger partial charge in [-0.15, -0.1) is 0 Å². The lowest BCUT2D eigenvalue weighted by Gasteiger charge is -2.30. The number of carbonyl (C=O) groups excluding carboxylic acids is 1. The minimum Gasteiger partial charge on any atom is -0.378 e. The second-order valence-corrected chi connectivity index (χ2v) is 7.08. The van der Waals surface area contributed by atoms with E-state index in [0.717, 1.165) is 18.5 Å². The number of para-hydroxylation sites is 1. The van der Waals surface area contributed by atoms with Crippen LogP contribution in [0.25, 0.3) is 11.6 Å². The number of nitrogens with zero attached hydrogens (tertiary/aromatic N) is 7. The van der Waals surface area contributed by atoms with Crippen molar-refractivity contribution < 1.29 is 14.1 Å². The number of nitrogen functional groups attached to an aromatic ring is 1. The molecule has 1 fully saturated rings. The van der Waals surface area contributed by atoms with E-state index in [0.29, 0.717) is 25.6 Å². The van der Waals surface area contributed by atoms with Crippen LogP contribution in [0.3, 0.4) is 0 Å². The Balaban J connectivity index is 1.51. The van der Waals surface area contributed by atoms with Crippen molar-refractivity contribution in [2.24, 2.45) is 0 Å². The van der Waals surface area contributed by atoms with Gasteiger partial charge in [-0.1, -0.05) is 23.4 Å². The van der Waals surface area contributed by atoms with E-state index >= 15 is 0 Å². The molecule has 162 valence electrons. The summed E-state index contributed by atoms with van der Waals surface area (Å²) in [6.45, 7) is 3.79. The molecular formula is C20H24N8O3. The van der Waals surface area contributed by atoms with Crippen molar-refractivity contribution in [3.05, 3.63) is 36.2 Å². The normalized spacial score (nSPS) is 14.6. The summed E-state index contributed by atoms with van der Waals surface area (Å²) in [4.78, 5) is 33.1. The first-order valence-electron chi connectivity index (χ1n) is 10.1. The predicted molar refractivity (Wildman–Crippen MR) is 113 cm³/mol. The first kappa shape index (κ1) is 20.7. The highest BCUT2D eigenvalue weighted by Crippen LogP contribution is 2.23. The number of amides is 1. The summed E-state index contributed by atoms with van der Waals surface area (Å²) in [7, 11) is 1.81. The van der Waals surface area contributed by atoms with Gasteiger partial charge < -0.3 is 24.8 Å². The van der Waals surface area contributed by atoms with E-state index in [9.17, 15) is 4.79 Å². The number of benzene rings is 1. The monoisotopic (exact) mass is 424 g/mol.